The molecule has 6 aromatic carbocycles. The summed E-state index contributed by atoms with van der Waals surface area (Å²) < 4.78 is 72.1. The van der Waals surface area contributed by atoms with Gasteiger partial charge in [-0.25, -0.2) is 24.7 Å². The Labute approximate surface area is 631 Å². The zero-order valence-electron chi connectivity index (χ0n) is 64.8. The van der Waals surface area contributed by atoms with E-state index in [0.717, 1.165) is 43.9 Å². The van der Waals surface area contributed by atoms with Gasteiger partial charge in [0, 0.05) is 39.7 Å². The van der Waals surface area contributed by atoms with E-state index >= 15 is 0 Å². The maximum atomic E-state index is 14.4. The van der Waals surface area contributed by atoms with Crippen LogP contribution in [0.3, 0.4) is 0 Å². The summed E-state index contributed by atoms with van der Waals surface area (Å²) in [4.78, 5) is 34.4. The minimum absolute atomic E-state index is 0.145. The number of ether oxygens (including phenoxy) is 3. The normalized spacial score (nSPS) is 11.9. The van der Waals surface area contributed by atoms with E-state index in [1.54, 1.807) is 0 Å². The molecular weight excluding hydrogens is 1320 g/mol. The van der Waals surface area contributed by atoms with Crippen molar-refractivity contribution in [3.8, 4) is 57.3 Å². The number of hydrogen-bond acceptors (Lipinski definition) is 9. The number of unbranched alkanes of at least 4 members (excludes halogenated alkanes) is 36. The van der Waals surface area contributed by atoms with Crippen molar-refractivity contribution in [2.45, 2.75) is 303 Å². The number of hydrogen-bond donors (Lipinski definition) is 0. The highest BCUT2D eigenvalue weighted by atomic mass is 19.4. The molecule has 1 aliphatic rings. The maximum absolute atomic E-state index is 14.4. The molecule has 0 radical (unpaired) electrons. The van der Waals surface area contributed by atoms with Crippen LogP contribution in [0.15, 0.2) is 127 Å². The predicted octanol–water partition coefficient (Wildman–Crippen LogP) is 28.1. The molecule has 0 aliphatic carbocycles. The molecule has 6 bridgehead atoms. The van der Waals surface area contributed by atoms with Crippen molar-refractivity contribution in [1.29, 1.82) is 0 Å². The molecule has 0 unspecified atom stereocenters. The first-order valence-corrected chi connectivity index (χ1v) is 41.5. The van der Waals surface area contributed by atoms with E-state index in [0.29, 0.717) is 78.9 Å². The molecule has 3 aromatic heterocycles. The first kappa shape index (κ1) is 80.6. The molecule has 0 amide bonds. The van der Waals surface area contributed by atoms with E-state index in [-0.39, 0.29) is 17.1 Å². The summed E-state index contributed by atoms with van der Waals surface area (Å²) in [6.45, 7) is 8.21. The Hall–Kier alpha value is -7.94. The molecule has 0 atom stereocenters. The van der Waals surface area contributed by atoms with E-state index in [9.17, 15) is 18.0 Å². The average molecular weight is 1450 g/mol. The number of fused-ring (bicyclic) bond motifs is 15. The molecule has 0 fully saturated rings. The number of halogens is 3. The molecular formula is C91H120BF3N6O5. The molecule has 15 heteroatoms. The Balaban J connectivity index is 0.946. The summed E-state index contributed by atoms with van der Waals surface area (Å²) in [7, 11) is 0.276. The van der Waals surface area contributed by atoms with Gasteiger partial charge >= 0.3 is 19.2 Å². The highest BCUT2D eigenvalue weighted by molar-refractivity contribution is 6.53. The summed E-state index contributed by atoms with van der Waals surface area (Å²) >= 11 is 0. The van der Waals surface area contributed by atoms with Gasteiger partial charge in [0.05, 0.1) is 0 Å². The Bertz CT molecular complexity index is 4260. The number of benzene rings is 6. The lowest BCUT2D eigenvalue weighted by Crippen LogP contribution is -2.35. The van der Waals surface area contributed by atoms with Crippen LogP contribution in [-0.2, 0) is 35.8 Å². The van der Waals surface area contributed by atoms with Crippen LogP contribution in [0, 0.1) is 0 Å². The van der Waals surface area contributed by atoms with E-state index in [1.807, 2.05) is 103 Å². The molecule has 106 heavy (non-hydrogen) atoms. The van der Waals surface area contributed by atoms with Crippen LogP contribution in [0.4, 0.5) is 13.2 Å². The SMILES string of the molecule is CCCCCCCCCCCCCCCc1cccc(Oc2ccc3c(c2)-c2nc-3nc3c4cc(Oc5cccc(CCCCCCCCCCCCCCC)c5)ccc4c(nc4c5cc(Oc6cccc(CCCCCCCCCCCCCCC)c6)ccc5c(n2)n4C)n3B(C)OC(=O)C(F)(F)F)c1. The van der Waals surface area contributed by atoms with E-state index in [1.165, 1.54) is 259 Å². The molecule has 568 valence electrons. The molecule has 0 saturated carbocycles. The quantitative estimate of drug-likeness (QED) is 0.0271. The van der Waals surface area contributed by atoms with Crippen molar-refractivity contribution in [3.05, 3.63) is 144 Å². The second-order valence-electron chi connectivity index (χ2n) is 30.2. The number of nitrogens with zero attached hydrogens (tertiary/aromatic N) is 6. The van der Waals surface area contributed by atoms with Gasteiger partial charge < -0.3 is 27.9 Å². The number of carbonyl (C=O) groups excluding carboxylic acids is 1. The van der Waals surface area contributed by atoms with Crippen LogP contribution >= 0.6 is 0 Å². The first-order valence-electron chi connectivity index (χ1n) is 41.5. The fraction of sp³-hybridized carbons (Fsp3) is 0.527. The van der Waals surface area contributed by atoms with Gasteiger partial charge in [-0.15, -0.1) is 0 Å². The summed E-state index contributed by atoms with van der Waals surface area (Å²) in [5.41, 5.74) is 6.10. The van der Waals surface area contributed by atoms with Gasteiger partial charge in [0.25, 0.3) is 0 Å². The van der Waals surface area contributed by atoms with Gasteiger partial charge in [-0.3, -0.25) is 0 Å². The highest BCUT2D eigenvalue weighted by Crippen LogP contribution is 2.42. The largest absolute Gasteiger partial charge is 0.508 e. The second kappa shape index (κ2) is 43.2. The van der Waals surface area contributed by atoms with Crippen LogP contribution in [-0.4, -0.2) is 48.2 Å². The van der Waals surface area contributed by atoms with E-state index in [2.05, 4.69) is 57.2 Å². The Morgan fingerprint density at radius 1 is 0.349 bits per heavy atom. The molecule has 4 heterocycles. The third-order valence-electron chi connectivity index (χ3n) is 21.3. The number of carbonyl (C=O) groups is 1. The third-order valence-corrected chi connectivity index (χ3v) is 21.3. The first-order chi connectivity index (χ1) is 51.9. The molecule has 0 N–H and O–H groups in total. The van der Waals surface area contributed by atoms with Crippen molar-refractivity contribution >= 4 is 57.2 Å². The summed E-state index contributed by atoms with van der Waals surface area (Å²) in [5.74, 6) is 1.85. The fourth-order valence-electron chi connectivity index (χ4n) is 15.3. The van der Waals surface area contributed by atoms with Gasteiger partial charge in [-0.05, 0) is 153 Å². The summed E-state index contributed by atoms with van der Waals surface area (Å²) in [6, 6.07) is 41.7. The van der Waals surface area contributed by atoms with Gasteiger partial charge in [0.2, 0.25) is 0 Å². The Morgan fingerprint density at radius 2 is 0.660 bits per heavy atom. The predicted molar refractivity (Wildman–Crippen MR) is 434 cm³/mol. The summed E-state index contributed by atoms with van der Waals surface area (Å²) in [5, 5.41) is 2.36. The number of aromatic nitrogens is 6. The van der Waals surface area contributed by atoms with E-state index < -0.39 is 19.2 Å². The van der Waals surface area contributed by atoms with Gasteiger partial charge in [0.15, 0.2) is 11.6 Å². The lowest BCUT2D eigenvalue weighted by Gasteiger charge is -2.14. The Kier molecular flexibility index (Phi) is 32.8. The molecule has 9 aromatic rings. The minimum atomic E-state index is -5.29. The van der Waals surface area contributed by atoms with Crippen molar-refractivity contribution in [1.82, 2.24) is 29.0 Å². The van der Waals surface area contributed by atoms with Crippen LogP contribution in [0.2, 0.25) is 6.82 Å². The Morgan fingerprint density at radius 3 is 1.06 bits per heavy atom. The van der Waals surface area contributed by atoms with Crippen molar-refractivity contribution in [2.75, 3.05) is 0 Å². The number of rotatable bonds is 50. The van der Waals surface area contributed by atoms with Gasteiger partial charge in [-0.2, -0.15) is 13.2 Å². The standard InChI is InChI=1S/C91H120BF3N6O5/c1-6-9-12-15-18-21-24-27-30-33-36-39-42-48-69-51-45-54-72(63-69)103-75-57-60-78-81(66-75)85-96-84(78)98-89-83-68-77(105-74-56-47-53-71(65-74)50-44-41-38-35-32-29-26-23-20-17-14-11-8-3)59-62-80(83)88(101(89)92(4)106-90(102)91(93,94)95)99-87-82-67-76(58-61-79(82)86(97-85)100(87)5)104-73-55-46-52-70(64-73)49-43-40-37-34-31-28-25-22-19-16-13-10-7-2/h45-47,51-68H,6-44,48-50H2,1-5H3. The lowest BCUT2D eigenvalue weighted by molar-refractivity contribution is -0.190. The van der Waals surface area contributed by atoms with Crippen molar-refractivity contribution < 1.29 is 36.8 Å². The van der Waals surface area contributed by atoms with Gasteiger partial charge in [0.1, 0.15) is 57.1 Å². The van der Waals surface area contributed by atoms with Crippen LogP contribution in [0.5, 0.6) is 34.5 Å². The minimum Gasteiger partial charge on any atom is -0.508 e. The van der Waals surface area contributed by atoms with Gasteiger partial charge in [-0.1, -0.05) is 288 Å². The molecule has 0 saturated heterocycles. The van der Waals surface area contributed by atoms with Crippen molar-refractivity contribution in [2.24, 2.45) is 7.05 Å². The third kappa shape index (κ3) is 24.5. The zero-order valence-corrected chi connectivity index (χ0v) is 64.8. The number of aryl methyl sites for hydroxylation is 4. The molecule has 11 nitrogen and oxygen atoms in total. The highest BCUT2D eigenvalue weighted by Gasteiger charge is 2.43. The summed E-state index contributed by atoms with van der Waals surface area (Å²) in [6.07, 6.45) is 48.3. The zero-order chi connectivity index (χ0) is 74.1. The van der Waals surface area contributed by atoms with Crippen LogP contribution in [0.25, 0.3) is 66.9 Å². The van der Waals surface area contributed by atoms with Crippen LogP contribution < -0.4 is 14.2 Å². The van der Waals surface area contributed by atoms with E-state index in [4.69, 9.17) is 38.8 Å². The molecule has 1 aliphatic heterocycles. The number of alkyl halides is 3. The lowest BCUT2D eigenvalue weighted by atomic mass is 9.87. The topological polar surface area (TPSA) is 115 Å². The second-order valence-corrected chi connectivity index (χ2v) is 30.2. The fourth-order valence-corrected chi connectivity index (χ4v) is 15.3. The molecule has 0 spiro atoms. The van der Waals surface area contributed by atoms with Crippen LogP contribution in [0.1, 0.15) is 288 Å². The maximum Gasteiger partial charge on any atom is 0.489 e. The van der Waals surface area contributed by atoms with Crippen molar-refractivity contribution in [3.63, 3.8) is 0 Å². The average Bonchev–Trinajstić information content (AvgIpc) is 1.57. The molecule has 10 rings (SSSR count). The smallest absolute Gasteiger partial charge is 0.489 e. The monoisotopic (exact) mass is 1440 g/mol.